The summed E-state index contributed by atoms with van der Waals surface area (Å²) in [5.74, 6) is 0.412. The molecule has 11 heteroatoms. The summed E-state index contributed by atoms with van der Waals surface area (Å²) in [5.41, 5.74) is 13.0. The molecule has 0 saturated carbocycles. The largest absolute Gasteiger partial charge is 0.506 e. The topological polar surface area (TPSA) is 142 Å². The Kier molecular flexibility index (Phi) is 10.5. The number of fused-ring (bicyclic) bond motifs is 1. The van der Waals surface area contributed by atoms with Crippen molar-refractivity contribution < 1.29 is 19.7 Å². The Morgan fingerprint density at radius 2 is 1.82 bits per heavy atom. The lowest BCUT2D eigenvalue weighted by Gasteiger charge is -2.28. The quantitative estimate of drug-likeness (QED) is 0.168. The third kappa shape index (κ3) is 8.72. The molecular weight excluding hydrogens is 570 g/mol. The number of primary amides is 1. The number of pyridine rings is 1. The summed E-state index contributed by atoms with van der Waals surface area (Å²) < 4.78 is 7.44. The predicted molar refractivity (Wildman–Crippen MR) is 177 cm³/mol. The molecule has 2 aromatic carbocycles. The van der Waals surface area contributed by atoms with Crippen molar-refractivity contribution in [2.45, 2.75) is 52.8 Å². The first-order valence-corrected chi connectivity index (χ1v) is 15.6. The first-order chi connectivity index (χ1) is 21.6. The van der Waals surface area contributed by atoms with Gasteiger partial charge in [-0.15, -0.1) is 0 Å². The van der Waals surface area contributed by atoms with Crippen molar-refractivity contribution in [3.63, 3.8) is 0 Å². The van der Waals surface area contributed by atoms with Crippen LogP contribution in [0.15, 0.2) is 48.5 Å². The molecule has 1 unspecified atom stereocenters. The molecule has 3 heterocycles. The maximum absolute atomic E-state index is 11.5. The summed E-state index contributed by atoms with van der Waals surface area (Å²) >= 11 is 0. The van der Waals surface area contributed by atoms with Crippen LogP contribution in [0.2, 0.25) is 0 Å². The van der Waals surface area contributed by atoms with E-state index in [1.165, 1.54) is 11.1 Å². The van der Waals surface area contributed by atoms with Gasteiger partial charge in [0.2, 0.25) is 11.9 Å². The normalized spacial score (nSPS) is 14.5. The zero-order valence-corrected chi connectivity index (χ0v) is 26.5. The van der Waals surface area contributed by atoms with E-state index in [0.717, 1.165) is 41.1 Å². The van der Waals surface area contributed by atoms with Crippen LogP contribution in [0.25, 0.3) is 11.0 Å². The summed E-state index contributed by atoms with van der Waals surface area (Å²) in [7, 11) is 0. The first-order valence-electron chi connectivity index (χ1n) is 15.6. The van der Waals surface area contributed by atoms with E-state index in [1.54, 1.807) is 12.1 Å². The fourth-order valence-corrected chi connectivity index (χ4v) is 5.88. The minimum atomic E-state index is -0.593. The molecule has 240 valence electrons. The number of aliphatic hydroxyl groups is 1. The minimum Gasteiger partial charge on any atom is -0.506 e. The number of rotatable bonds is 14. The number of nitrogens with one attached hydrogen (secondary N) is 1. The number of imidazole rings is 1. The maximum Gasteiger partial charge on any atom is 0.217 e. The lowest BCUT2D eigenvalue weighted by Crippen LogP contribution is -2.42. The molecule has 5 N–H and O–H groups in total. The summed E-state index contributed by atoms with van der Waals surface area (Å²) in [6.07, 6.45) is 0.387. The van der Waals surface area contributed by atoms with Gasteiger partial charge >= 0.3 is 0 Å². The molecule has 0 aliphatic carbocycles. The second kappa shape index (κ2) is 14.7. The van der Waals surface area contributed by atoms with E-state index in [9.17, 15) is 15.0 Å². The van der Waals surface area contributed by atoms with Gasteiger partial charge in [-0.05, 0) is 80.3 Å². The summed E-state index contributed by atoms with van der Waals surface area (Å²) in [6, 6.07) is 16.1. The molecule has 0 bridgehead atoms. The van der Waals surface area contributed by atoms with E-state index in [0.29, 0.717) is 70.4 Å². The van der Waals surface area contributed by atoms with E-state index in [-0.39, 0.29) is 11.7 Å². The Morgan fingerprint density at radius 3 is 2.56 bits per heavy atom. The Labute approximate surface area is 264 Å². The number of anilines is 2. The van der Waals surface area contributed by atoms with Crippen molar-refractivity contribution in [1.29, 1.82) is 0 Å². The monoisotopic (exact) mass is 615 g/mol. The van der Waals surface area contributed by atoms with Crippen molar-refractivity contribution in [1.82, 2.24) is 19.4 Å². The number of carbonyl (C=O) groups is 1. The Bertz CT molecular complexity index is 1600. The number of nitrogens with zero attached hydrogens (tertiary/aromatic N) is 5. The third-order valence-electron chi connectivity index (χ3n) is 8.07. The fraction of sp³-hybridized carbons (Fsp3) is 0.441. The number of morpholine rings is 1. The predicted octanol–water partition coefficient (Wildman–Crippen LogP) is 3.49. The van der Waals surface area contributed by atoms with Crippen molar-refractivity contribution in [2.24, 2.45) is 5.73 Å². The second-order valence-corrected chi connectivity index (χ2v) is 12.0. The molecule has 4 aromatic rings. The highest BCUT2D eigenvalue weighted by atomic mass is 16.5. The van der Waals surface area contributed by atoms with Gasteiger partial charge in [0.05, 0.1) is 36.9 Å². The van der Waals surface area contributed by atoms with E-state index in [2.05, 4.69) is 64.3 Å². The van der Waals surface area contributed by atoms with E-state index in [4.69, 9.17) is 15.5 Å². The molecule has 1 atom stereocenters. The lowest BCUT2D eigenvalue weighted by atomic mass is 10.1. The molecule has 1 aliphatic rings. The van der Waals surface area contributed by atoms with Gasteiger partial charge in [-0.1, -0.05) is 12.1 Å². The highest BCUT2D eigenvalue weighted by Gasteiger charge is 2.19. The van der Waals surface area contributed by atoms with Crippen LogP contribution in [-0.2, 0) is 22.6 Å². The molecule has 5 rings (SSSR count). The Morgan fingerprint density at radius 1 is 1.07 bits per heavy atom. The first kappa shape index (κ1) is 32.2. The highest BCUT2D eigenvalue weighted by molar-refractivity contribution is 5.80. The molecule has 1 amide bonds. The lowest BCUT2D eigenvalue weighted by molar-refractivity contribution is -0.118. The van der Waals surface area contributed by atoms with Gasteiger partial charge in [0.15, 0.2) is 0 Å². The Balaban J connectivity index is 1.44. The highest BCUT2D eigenvalue weighted by Crippen LogP contribution is 2.27. The van der Waals surface area contributed by atoms with Gasteiger partial charge < -0.3 is 35.5 Å². The van der Waals surface area contributed by atoms with Gasteiger partial charge in [-0.3, -0.25) is 14.7 Å². The zero-order valence-electron chi connectivity index (χ0n) is 26.5. The number of hydrogen-bond donors (Lipinski definition) is 4. The standard InChI is InChI=1S/C34H45N7O4/c1-23-15-24(2)17-27(16-23)40(10-4-5-33(35)44)20-26-7-8-29-31(18-26)41(22-30-32(43)9-6-25(3)37-30)34(38-29)36-19-28(42)21-39-11-13-45-14-12-39/h6-9,15-18,28,42-43H,4-5,10-14,19-22H2,1-3H3,(H2,35,44)(H,36,38). The molecule has 2 aromatic heterocycles. The zero-order chi connectivity index (χ0) is 31.9. The third-order valence-corrected chi connectivity index (χ3v) is 8.07. The molecule has 11 nitrogen and oxygen atoms in total. The molecule has 0 spiro atoms. The van der Waals surface area contributed by atoms with E-state index >= 15 is 0 Å². The number of aryl methyl sites for hydroxylation is 3. The van der Waals surface area contributed by atoms with Crippen LogP contribution in [0, 0.1) is 20.8 Å². The second-order valence-electron chi connectivity index (χ2n) is 12.0. The van der Waals surface area contributed by atoms with Gasteiger partial charge in [0.25, 0.3) is 0 Å². The van der Waals surface area contributed by atoms with Crippen LogP contribution in [0.5, 0.6) is 5.75 Å². The number of carbonyl (C=O) groups excluding carboxylic acids is 1. The van der Waals surface area contributed by atoms with Crippen molar-refractivity contribution in [2.75, 3.05) is 56.2 Å². The average molecular weight is 616 g/mol. The van der Waals surface area contributed by atoms with Crippen molar-refractivity contribution >= 4 is 28.6 Å². The number of nitrogens with two attached hydrogens (primary N) is 1. The molecular formula is C34H45N7O4. The van der Waals surface area contributed by atoms with E-state index < -0.39 is 6.10 Å². The van der Waals surface area contributed by atoms with Crippen LogP contribution in [0.3, 0.4) is 0 Å². The van der Waals surface area contributed by atoms with Crippen LogP contribution >= 0.6 is 0 Å². The van der Waals surface area contributed by atoms with Gasteiger partial charge in [-0.25, -0.2) is 4.98 Å². The number of hydrogen-bond acceptors (Lipinski definition) is 9. The minimum absolute atomic E-state index is 0.118. The summed E-state index contributed by atoms with van der Waals surface area (Å²) in [6.45, 7) is 11.5. The number of aromatic nitrogens is 3. The molecule has 1 aliphatic heterocycles. The van der Waals surface area contributed by atoms with Crippen LogP contribution in [0.4, 0.5) is 11.6 Å². The number of ether oxygens (including phenoxy) is 1. The van der Waals surface area contributed by atoms with Gasteiger partial charge in [0, 0.05) is 57.1 Å². The molecule has 45 heavy (non-hydrogen) atoms. The molecule has 0 radical (unpaired) electrons. The summed E-state index contributed by atoms with van der Waals surface area (Å²) in [5, 5.41) is 24.8. The average Bonchev–Trinajstić information content (AvgIpc) is 3.33. The van der Waals surface area contributed by atoms with Crippen LogP contribution < -0.4 is 16.0 Å². The maximum atomic E-state index is 11.5. The van der Waals surface area contributed by atoms with Crippen molar-refractivity contribution in [3.8, 4) is 5.75 Å². The summed E-state index contributed by atoms with van der Waals surface area (Å²) in [4.78, 5) is 25.5. The molecule has 1 fully saturated rings. The van der Waals surface area contributed by atoms with Crippen molar-refractivity contribution in [3.05, 3.63) is 76.6 Å². The fourth-order valence-electron chi connectivity index (χ4n) is 5.88. The van der Waals surface area contributed by atoms with E-state index in [1.807, 2.05) is 17.6 Å². The smallest absolute Gasteiger partial charge is 0.217 e. The Hall–Kier alpha value is -4.19. The number of amides is 1. The van der Waals surface area contributed by atoms with Crippen LogP contribution in [0.1, 0.15) is 40.9 Å². The number of aliphatic hydroxyl groups excluding tert-OH is 1. The van der Waals surface area contributed by atoms with Gasteiger partial charge in [0.1, 0.15) is 11.4 Å². The SMILES string of the molecule is Cc1cc(C)cc(N(CCCC(N)=O)Cc2ccc3nc(NCC(O)CN4CCOCC4)n(Cc4nc(C)ccc4O)c3c2)c1. The number of β-amino-alcohol motifs (C(OH)–C–C–N with tert-alkyl or cyclic N) is 1. The van der Waals surface area contributed by atoms with Gasteiger partial charge in [-0.2, -0.15) is 0 Å². The van der Waals surface area contributed by atoms with Crippen LogP contribution in [-0.4, -0.2) is 87.6 Å². The number of benzene rings is 2. The number of aromatic hydroxyl groups is 1. The molecule has 1 saturated heterocycles.